The highest BCUT2D eigenvalue weighted by Gasteiger charge is 2.28. The molecule has 4 nitrogen and oxygen atoms in total. The van der Waals surface area contributed by atoms with Gasteiger partial charge in [0, 0.05) is 12.1 Å². The van der Waals surface area contributed by atoms with Crippen molar-refractivity contribution in [2.24, 2.45) is 0 Å². The molecule has 0 amide bonds. The highest BCUT2D eigenvalue weighted by molar-refractivity contribution is 5.73. The molecular weight excluding hydrogens is 264 g/mol. The van der Waals surface area contributed by atoms with Gasteiger partial charge < -0.3 is 15.3 Å². The van der Waals surface area contributed by atoms with E-state index in [0.29, 0.717) is 6.04 Å². The summed E-state index contributed by atoms with van der Waals surface area (Å²) < 4.78 is 0. The van der Waals surface area contributed by atoms with E-state index in [0.717, 1.165) is 51.2 Å². The van der Waals surface area contributed by atoms with Gasteiger partial charge in [0.25, 0.3) is 0 Å². The van der Waals surface area contributed by atoms with Crippen molar-refractivity contribution >= 4 is 5.97 Å². The predicted octanol–water partition coefficient (Wildman–Crippen LogP) is 3.02. The van der Waals surface area contributed by atoms with Gasteiger partial charge in [0.15, 0.2) is 0 Å². The van der Waals surface area contributed by atoms with Gasteiger partial charge in [0.2, 0.25) is 0 Å². The van der Waals surface area contributed by atoms with E-state index in [-0.39, 0.29) is 6.04 Å². The van der Waals surface area contributed by atoms with Crippen LogP contribution in [0.15, 0.2) is 0 Å². The fourth-order valence-corrected chi connectivity index (χ4v) is 3.85. The smallest absolute Gasteiger partial charge is 0.320 e. The average molecular weight is 296 g/mol. The molecule has 4 heteroatoms. The Morgan fingerprint density at radius 3 is 2.43 bits per heavy atom. The molecule has 1 aliphatic heterocycles. The van der Waals surface area contributed by atoms with Gasteiger partial charge in [-0.05, 0) is 45.2 Å². The third kappa shape index (κ3) is 5.26. The van der Waals surface area contributed by atoms with E-state index in [1.165, 1.54) is 32.1 Å². The topological polar surface area (TPSA) is 52.6 Å². The van der Waals surface area contributed by atoms with Crippen molar-refractivity contribution in [2.75, 3.05) is 13.1 Å². The van der Waals surface area contributed by atoms with Crippen LogP contribution in [0.3, 0.4) is 0 Å². The summed E-state index contributed by atoms with van der Waals surface area (Å²) >= 11 is 0. The summed E-state index contributed by atoms with van der Waals surface area (Å²) in [4.78, 5) is 14.0. The van der Waals surface area contributed by atoms with E-state index >= 15 is 0 Å². The second-order valence-corrected chi connectivity index (χ2v) is 6.80. The number of unbranched alkanes of at least 4 members (excludes halogenated alkanes) is 1. The first-order chi connectivity index (χ1) is 10.2. The third-order valence-corrected chi connectivity index (χ3v) is 5.20. The van der Waals surface area contributed by atoms with Crippen LogP contribution in [-0.4, -0.2) is 47.2 Å². The van der Waals surface area contributed by atoms with Gasteiger partial charge in [0.05, 0.1) is 0 Å². The molecule has 1 atom stereocenters. The number of rotatable bonds is 7. The lowest BCUT2D eigenvalue weighted by molar-refractivity contribution is -0.140. The van der Waals surface area contributed by atoms with Gasteiger partial charge >= 0.3 is 5.97 Å². The van der Waals surface area contributed by atoms with Crippen molar-refractivity contribution in [3.63, 3.8) is 0 Å². The molecule has 1 saturated heterocycles. The maximum Gasteiger partial charge on any atom is 0.320 e. The van der Waals surface area contributed by atoms with Crippen LogP contribution >= 0.6 is 0 Å². The first-order valence-corrected chi connectivity index (χ1v) is 8.93. The van der Waals surface area contributed by atoms with Gasteiger partial charge in [-0.2, -0.15) is 0 Å². The fraction of sp³-hybridized carbons (Fsp3) is 0.941. The number of aliphatic carboxylic acids is 1. The molecule has 1 saturated carbocycles. The van der Waals surface area contributed by atoms with Crippen LogP contribution in [-0.2, 0) is 4.79 Å². The lowest BCUT2D eigenvalue weighted by Crippen LogP contribution is -2.51. The summed E-state index contributed by atoms with van der Waals surface area (Å²) in [5.74, 6) is -0.682. The van der Waals surface area contributed by atoms with Crippen molar-refractivity contribution in [1.29, 1.82) is 0 Å². The molecule has 0 aromatic rings. The Bertz CT molecular complexity index is 308. The van der Waals surface area contributed by atoms with Crippen molar-refractivity contribution in [3.05, 3.63) is 0 Å². The average Bonchev–Trinajstić information content (AvgIpc) is 2.52. The minimum absolute atomic E-state index is 0.351. The minimum atomic E-state index is -0.682. The molecule has 0 radical (unpaired) electrons. The van der Waals surface area contributed by atoms with Gasteiger partial charge in [-0.3, -0.25) is 4.79 Å². The van der Waals surface area contributed by atoms with Crippen molar-refractivity contribution < 1.29 is 9.90 Å². The maximum atomic E-state index is 11.3. The molecular formula is C17H32N2O2. The Hall–Kier alpha value is -0.610. The Morgan fingerprint density at radius 2 is 1.86 bits per heavy atom. The number of hydrogen-bond acceptors (Lipinski definition) is 3. The summed E-state index contributed by atoms with van der Waals surface area (Å²) in [6, 6.07) is 0.842. The van der Waals surface area contributed by atoms with Gasteiger partial charge in [-0.1, -0.05) is 39.0 Å². The summed E-state index contributed by atoms with van der Waals surface area (Å²) in [7, 11) is 0. The lowest BCUT2D eigenvalue weighted by Gasteiger charge is -2.40. The zero-order valence-electron chi connectivity index (χ0n) is 13.5. The highest BCUT2D eigenvalue weighted by Crippen LogP contribution is 2.25. The second kappa shape index (κ2) is 8.74. The van der Waals surface area contributed by atoms with Crippen LogP contribution < -0.4 is 5.32 Å². The van der Waals surface area contributed by atoms with Gasteiger partial charge in [-0.15, -0.1) is 0 Å². The first-order valence-electron chi connectivity index (χ1n) is 8.93. The Labute approximate surface area is 129 Å². The molecule has 0 aromatic carbocycles. The molecule has 0 bridgehead atoms. The molecule has 122 valence electrons. The molecule has 2 aliphatic rings. The van der Waals surface area contributed by atoms with Crippen molar-refractivity contribution in [2.45, 2.75) is 89.3 Å². The lowest BCUT2D eigenvalue weighted by atomic mass is 9.92. The summed E-state index contributed by atoms with van der Waals surface area (Å²) in [6.45, 7) is 4.40. The van der Waals surface area contributed by atoms with Crippen LogP contribution in [0.2, 0.25) is 0 Å². The Kier molecular flexibility index (Phi) is 6.97. The zero-order valence-corrected chi connectivity index (χ0v) is 13.5. The standard InChI is InChI=1S/C17H32N2O2/c1-2-3-9-16(17(20)21)18-14-10-12-19(13-11-14)15-7-5-4-6-8-15/h14-16,18H,2-13H2,1H3,(H,20,21). The summed E-state index contributed by atoms with van der Waals surface area (Å²) in [5, 5.41) is 12.7. The molecule has 1 unspecified atom stereocenters. The summed E-state index contributed by atoms with van der Waals surface area (Å²) in [5.41, 5.74) is 0. The molecule has 2 rings (SSSR count). The number of carboxylic acids is 1. The number of carbonyl (C=O) groups is 1. The number of carboxylic acid groups (broad SMARTS) is 1. The molecule has 1 aliphatic carbocycles. The number of hydrogen-bond donors (Lipinski definition) is 2. The van der Waals surface area contributed by atoms with E-state index in [1.807, 2.05) is 0 Å². The van der Waals surface area contributed by atoms with E-state index in [1.54, 1.807) is 0 Å². The predicted molar refractivity (Wildman–Crippen MR) is 85.6 cm³/mol. The monoisotopic (exact) mass is 296 g/mol. The molecule has 0 spiro atoms. The van der Waals surface area contributed by atoms with Gasteiger partial charge in [-0.25, -0.2) is 0 Å². The van der Waals surface area contributed by atoms with Crippen LogP contribution in [0, 0.1) is 0 Å². The number of nitrogens with zero attached hydrogens (tertiary/aromatic N) is 1. The van der Waals surface area contributed by atoms with Crippen LogP contribution in [0.5, 0.6) is 0 Å². The van der Waals surface area contributed by atoms with E-state index in [9.17, 15) is 9.90 Å². The Balaban J connectivity index is 1.73. The largest absolute Gasteiger partial charge is 0.480 e. The van der Waals surface area contributed by atoms with Crippen LogP contribution in [0.4, 0.5) is 0 Å². The van der Waals surface area contributed by atoms with E-state index < -0.39 is 5.97 Å². The number of piperidine rings is 1. The molecule has 21 heavy (non-hydrogen) atoms. The Morgan fingerprint density at radius 1 is 1.19 bits per heavy atom. The van der Waals surface area contributed by atoms with Crippen LogP contribution in [0.1, 0.15) is 71.1 Å². The van der Waals surface area contributed by atoms with Crippen molar-refractivity contribution in [1.82, 2.24) is 10.2 Å². The summed E-state index contributed by atoms with van der Waals surface area (Å²) in [6.07, 6.45) is 11.9. The fourth-order valence-electron chi connectivity index (χ4n) is 3.85. The second-order valence-electron chi connectivity index (χ2n) is 6.80. The zero-order chi connectivity index (χ0) is 15.1. The molecule has 2 fully saturated rings. The van der Waals surface area contributed by atoms with Crippen LogP contribution in [0.25, 0.3) is 0 Å². The minimum Gasteiger partial charge on any atom is -0.480 e. The number of nitrogens with one attached hydrogen (secondary N) is 1. The third-order valence-electron chi connectivity index (χ3n) is 5.20. The SMILES string of the molecule is CCCCC(NC1CCN(C2CCCCC2)CC1)C(=O)O. The van der Waals surface area contributed by atoms with Crippen molar-refractivity contribution in [3.8, 4) is 0 Å². The van der Waals surface area contributed by atoms with E-state index in [2.05, 4.69) is 17.1 Å². The highest BCUT2D eigenvalue weighted by atomic mass is 16.4. The van der Waals surface area contributed by atoms with E-state index in [4.69, 9.17) is 0 Å². The first kappa shape index (κ1) is 16.8. The number of likely N-dealkylation sites (tertiary alicyclic amines) is 1. The van der Waals surface area contributed by atoms with Gasteiger partial charge in [0.1, 0.15) is 6.04 Å². The maximum absolute atomic E-state index is 11.3. The molecule has 2 N–H and O–H groups in total. The molecule has 1 heterocycles. The normalized spacial score (nSPS) is 24.0. The molecule has 0 aromatic heterocycles. The quantitative estimate of drug-likeness (QED) is 0.758.